The van der Waals surface area contributed by atoms with Gasteiger partial charge in [-0.05, 0) is 49.2 Å². The molecule has 1 heterocycles. The lowest BCUT2D eigenvalue weighted by Gasteiger charge is -2.09. The fourth-order valence-corrected chi connectivity index (χ4v) is 5.00. The lowest BCUT2D eigenvalue weighted by molar-refractivity contribution is -0.144. The maximum absolute atomic E-state index is 12.1. The third-order valence-electron chi connectivity index (χ3n) is 4.04. The van der Waals surface area contributed by atoms with E-state index in [-0.39, 0.29) is 12.4 Å². The molecule has 0 radical (unpaired) electrons. The van der Waals surface area contributed by atoms with Crippen LogP contribution in [0.2, 0.25) is 0 Å². The summed E-state index contributed by atoms with van der Waals surface area (Å²) in [6.45, 7) is 3.64. The lowest BCUT2D eigenvalue weighted by atomic mass is 10.2. The first-order valence-corrected chi connectivity index (χ1v) is 12.3. The Hall–Kier alpha value is -1.68. The van der Waals surface area contributed by atoms with Crippen molar-refractivity contribution in [2.24, 2.45) is 0 Å². The van der Waals surface area contributed by atoms with Crippen LogP contribution in [0.3, 0.4) is 0 Å². The zero-order valence-electron chi connectivity index (χ0n) is 16.2. The van der Waals surface area contributed by atoms with Gasteiger partial charge in [0.1, 0.15) is 0 Å². The Morgan fingerprint density at radius 1 is 1.17 bits per heavy atom. The highest BCUT2D eigenvalue weighted by Crippen LogP contribution is 2.29. The largest absolute Gasteiger partial charge is 0.455 e. The highest BCUT2D eigenvalue weighted by atomic mass is 79.9. The standard InChI is InChI=1S/C21H18Br2N2O3S2/c1-12-7-18(13(2)6-16(12)23)29-11-20(27)28-9-19(26)25-21-24-17(10-30-21)14-4-3-5-15(22)8-14/h3-8,10H,9,11H2,1-2H3,(H,24,25,26). The van der Waals surface area contributed by atoms with Gasteiger partial charge in [0.15, 0.2) is 11.7 Å². The van der Waals surface area contributed by atoms with E-state index in [9.17, 15) is 9.59 Å². The van der Waals surface area contributed by atoms with Crippen LogP contribution < -0.4 is 5.32 Å². The monoisotopic (exact) mass is 568 g/mol. The third-order valence-corrected chi connectivity index (χ3v) is 7.27. The Labute approximate surface area is 199 Å². The first-order chi connectivity index (χ1) is 14.3. The molecule has 0 aliphatic rings. The van der Waals surface area contributed by atoms with Crippen LogP contribution in [-0.2, 0) is 14.3 Å². The van der Waals surface area contributed by atoms with Gasteiger partial charge in [-0.25, -0.2) is 4.98 Å². The number of anilines is 1. The Morgan fingerprint density at radius 2 is 1.97 bits per heavy atom. The topological polar surface area (TPSA) is 68.3 Å². The van der Waals surface area contributed by atoms with Crippen molar-refractivity contribution < 1.29 is 14.3 Å². The van der Waals surface area contributed by atoms with Gasteiger partial charge in [-0.2, -0.15) is 0 Å². The van der Waals surface area contributed by atoms with Gasteiger partial charge in [-0.15, -0.1) is 23.1 Å². The molecule has 2 aromatic carbocycles. The van der Waals surface area contributed by atoms with Gasteiger partial charge in [-0.1, -0.05) is 44.0 Å². The van der Waals surface area contributed by atoms with Crippen LogP contribution in [0.4, 0.5) is 5.13 Å². The molecule has 1 amide bonds. The second-order valence-electron chi connectivity index (χ2n) is 6.41. The number of hydrogen-bond donors (Lipinski definition) is 1. The summed E-state index contributed by atoms with van der Waals surface area (Å²) in [5.74, 6) is -0.720. The molecule has 30 heavy (non-hydrogen) atoms. The highest BCUT2D eigenvalue weighted by Gasteiger charge is 2.12. The van der Waals surface area contributed by atoms with E-state index in [4.69, 9.17) is 4.74 Å². The molecule has 1 aromatic heterocycles. The molecule has 3 rings (SSSR count). The second-order valence-corrected chi connectivity index (χ2v) is 10.1. The van der Waals surface area contributed by atoms with E-state index in [1.54, 1.807) is 0 Å². The van der Waals surface area contributed by atoms with Crippen molar-refractivity contribution >= 4 is 72.0 Å². The number of amides is 1. The summed E-state index contributed by atoms with van der Waals surface area (Å²) in [7, 11) is 0. The molecule has 0 saturated carbocycles. The van der Waals surface area contributed by atoms with E-state index in [1.165, 1.54) is 23.1 Å². The molecule has 9 heteroatoms. The summed E-state index contributed by atoms with van der Waals surface area (Å²) in [5, 5.41) is 4.99. The number of rotatable bonds is 7. The maximum atomic E-state index is 12.1. The van der Waals surface area contributed by atoms with Crippen LogP contribution >= 0.6 is 55.0 Å². The number of carbonyl (C=O) groups is 2. The van der Waals surface area contributed by atoms with Gasteiger partial charge in [0.25, 0.3) is 5.91 Å². The Kier molecular flexibility index (Phi) is 8.10. The van der Waals surface area contributed by atoms with Gasteiger partial charge in [-0.3, -0.25) is 14.9 Å². The molecule has 156 valence electrons. The van der Waals surface area contributed by atoms with Crippen LogP contribution in [0, 0.1) is 13.8 Å². The van der Waals surface area contributed by atoms with Crippen molar-refractivity contribution in [2.75, 3.05) is 17.7 Å². The molecule has 0 fully saturated rings. The number of benzene rings is 2. The normalized spacial score (nSPS) is 10.7. The van der Waals surface area contributed by atoms with Crippen molar-refractivity contribution in [1.82, 2.24) is 4.98 Å². The van der Waals surface area contributed by atoms with Crippen LogP contribution in [0.15, 0.2) is 55.6 Å². The molecule has 1 N–H and O–H groups in total. The van der Waals surface area contributed by atoms with E-state index in [1.807, 2.05) is 55.6 Å². The van der Waals surface area contributed by atoms with Gasteiger partial charge in [0.2, 0.25) is 0 Å². The van der Waals surface area contributed by atoms with Gasteiger partial charge in [0, 0.05) is 24.8 Å². The van der Waals surface area contributed by atoms with Crippen molar-refractivity contribution in [2.45, 2.75) is 18.7 Å². The molecular weight excluding hydrogens is 552 g/mol. The minimum absolute atomic E-state index is 0.138. The van der Waals surface area contributed by atoms with Crippen LogP contribution in [-0.4, -0.2) is 29.2 Å². The predicted molar refractivity (Wildman–Crippen MR) is 129 cm³/mol. The molecule has 0 atom stereocenters. The fraction of sp³-hybridized carbons (Fsp3) is 0.190. The number of carbonyl (C=O) groups excluding carboxylic acids is 2. The van der Waals surface area contributed by atoms with E-state index >= 15 is 0 Å². The average Bonchev–Trinajstić information content (AvgIpc) is 3.16. The predicted octanol–water partition coefficient (Wildman–Crippen LogP) is 6.23. The molecule has 0 saturated heterocycles. The molecular formula is C21H18Br2N2O3S2. The van der Waals surface area contributed by atoms with Crippen molar-refractivity contribution in [3.63, 3.8) is 0 Å². The first-order valence-electron chi connectivity index (χ1n) is 8.88. The number of aromatic nitrogens is 1. The average molecular weight is 570 g/mol. The van der Waals surface area contributed by atoms with E-state index in [0.29, 0.717) is 5.13 Å². The smallest absolute Gasteiger partial charge is 0.316 e. The summed E-state index contributed by atoms with van der Waals surface area (Å²) in [6, 6.07) is 11.8. The van der Waals surface area contributed by atoms with E-state index in [0.717, 1.165) is 36.2 Å². The lowest BCUT2D eigenvalue weighted by Crippen LogP contribution is -2.21. The molecule has 0 aliphatic heterocycles. The number of thiazole rings is 1. The van der Waals surface area contributed by atoms with Gasteiger partial charge in [0.05, 0.1) is 11.4 Å². The minimum atomic E-state index is -0.441. The fourth-order valence-electron chi connectivity index (χ4n) is 2.50. The summed E-state index contributed by atoms with van der Waals surface area (Å²) < 4.78 is 7.08. The number of halogens is 2. The Balaban J connectivity index is 1.47. The summed E-state index contributed by atoms with van der Waals surface area (Å²) in [6.07, 6.45) is 0. The number of esters is 1. The highest BCUT2D eigenvalue weighted by molar-refractivity contribution is 9.10. The molecule has 0 aliphatic carbocycles. The van der Waals surface area contributed by atoms with Gasteiger partial charge >= 0.3 is 5.97 Å². The van der Waals surface area contributed by atoms with Gasteiger partial charge < -0.3 is 4.74 Å². The maximum Gasteiger partial charge on any atom is 0.316 e. The zero-order chi connectivity index (χ0) is 21.7. The summed E-state index contributed by atoms with van der Waals surface area (Å²) in [4.78, 5) is 29.5. The number of hydrogen-bond acceptors (Lipinski definition) is 6. The molecule has 0 unspecified atom stereocenters. The third kappa shape index (κ3) is 6.41. The molecule has 0 spiro atoms. The zero-order valence-corrected chi connectivity index (χ0v) is 21.0. The Morgan fingerprint density at radius 3 is 2.73 bits per heavy atom. The SMILES string of the molecule is Cc1cc(SCC(=O)OCC(=O)Nc2nc(-c3cccc(Br)c3)cs2)c(C)cc1Br. The second kappa shape index (κ2) is 10.6. The van der Waals surface area contributed by atoms with Crippen LogP contribution in [0.25, 0.3) is 11.3 Å². The number of aryl methyl sites for hydroxylation is 2. The van der Waals surface area contributed by atoms with E-state index < -0.39 is 11.9 Å². The Bertz CT molecular complexity index is 1090. The van der Waals surface area contributed by atoms with E-state index in [2.05, 4.69) is 42.2 Å². The number of nitrogens with one attached hydrogen (secondary N) is 1. The summed E-state index contributed by atoms with van der Waals surface area (Å²) in [5.41, 5.74) is 3.89. The van der Waals surface area contributed by atoms with Crippen LogP contribution in [0.5, 0.6) is 0 Å². The molecule has 0 bridgehead atoms. The number of ether oxygens (including phenoxy) is 1. The van der Waals surface area contributed by atoms with Crippen molar-refractivity contribution in [3.05, 3.63) is 61.9 Å². The summed E-state index contributed by atoms with van der Waals surface area (Å²) >= 11 is 9.64. The minimum Gasteiger partial charge on any atom is -0.455 e. The van der Waals surface area contributed by atoms with Crippen molar-refractivity contribution in [1.29, 1.82) is 0 Å². The first kappa shape index (κ1) is 23.0. The van der Waals surface area contributed by atoms with Crippen LogP contribution in [0.1, 0.15) is 11.1 Å². The molecule has 3 aromatic rings. The molecule has 5 nitrogen and oxygen atoms in total. The number of thioether (sulfide) groups is 1. The quantitative estimate of drug-likeness (QED) is 0.270. The number of nitrogens with zero attached hydrogens (tertiary/aromatic N) is 1. The van der Waals surface area contributed by atoms with Crippen molar-refractivity contribution in [3.8, 4) is 11.3 Å².